The van der Waals surface area contributed by atoms with E-state index >= 15 is 0 Å². The third-order valence-corrected chi connectivity index (χ3v) is 5.48. The van der Waals surface area contributed by atoms with Crippen LogP contribution in [-0.4, -0.2) is 28.9 Å². The molecule has 1 aromatic rings. The molecule has 124 valence electrons. The molecule has 0 amide bonds. The molecule has 1 aromatic carbocycles. The first-order valence-corrected chi connectivity index (χ1v) is 10.00. The van der Waals surface area contributed by atoms with Gasteiger partial charge < -0.3 is 0 Å². The second kappa shape index (κ2) is 8.62. The van der Waals surface area contributed by atoms with E-state index in [1.54, 1.807) is 37.3 Å². The summed E-state index contributed by atoms with van der Waals surface area (Å²) in [7, 11) is -3.70. The van der Waals surface area contributed by atoms with Crippen LogP contribution in [0.1, 0.15) is 36.7 Å². The molecule has 4 nitrogen and oxygen atoms in total. The number of carbonyl (C=O) groups is 1. The summed E-state index contributed by atoms with van der Waals surface area (Å²) in [6.07, 6.45) is 3.14. The number of Topliss-reactive ketones (excluding diaryl/α,β-unsaturated/α-hetero) is 1. The Morgan fingerprint density at radius 3 is 2.22 bits per heavy atom. The summed E-state index contributed by atoms with van der Waals surface area (Å²) in [5.41, 5.74) is 1.41. The number of carbonyl (C=O) groups excluding carboxylic acids is 1. The molecule has 0 aliphatic rings. The molecule has 0 aliphatic carbocycles. The zero-order valence-electron chi connectivity index (χ0n) is 13.4. The molecule has 0 bridgehead atoms. The summed E-state index contributed by atoms with van der Waals surface area (Å²) >= 11 is 1.26. The van der Waals surface area contributed by atoms with Gasteiger partial charge in [0.05, 0.1) is 0 Å². The van der Waals surface area contributed by atoms with Crippen molar-refractivity contribution in [2.75, 3.05) is 6.54 Å². The van der Waals surface area contributed by atoms with Crippen LogP contribution in [-0.2, 0) is 35.9 Å². The molecule has 23 heavy (non-hydrogen) atoms. The van der Waals surface area contributed by atoms with Gasteiger partial charge in [-0.3, -0.25) is 4.79 Å². The first kappa shape index (κ1) is 19.9. The van der Waals surface area contributed by atoms with Crippen LogP contribution in [0.3, 0.4) is 0 Å². The predicted octanol–water partition coefficient (Wildman–Crippen LogP) is 2.65. The number of sulfonamides is 1. The summed E-state index contributed by atoms with van der Waals surface area (Å²) in [6, 6.07) is 6.91. The van der Waals surface area contributed by atoms with Crippen molar-refractivity contribution in [2.45, 2.75) is 27.3 Å². The van der Waals surface area contributed by atoms with Gasteiger partial charge >= 0.3 is 138 Å². The SMILES string of the molecule is [CH-]=C(/C=C\[C](C)=[W])S(=O)(=O)N(CC)Cc1ccc(C(C)=O)cc1. The number of benzene rings is 1. The van der Waals surface area contributed by atoms with Crippen LogP contribution in [0.4, 0.5) is 0 Å². The van der Waals surface area contributed by atoms with Crippen LogP contribution >= 0.6 is 0 Å². The Kier molecular flexibility index (Phi) is 7.46. The van der Waals surface area contributed by atoms with Gasteiger partial charge in [0.25, 0.3) is 0 Å². The van der Waals surface area contributed by atoms with Gasteiger partial charge in [-0.25, -0.2) is 0 Å². The van der Waals surface area contributed by atoms with Gasteiger partial charge in [-0.1, -0.05) is 0 Å². The zero-order valence-corrected chi connectivity index (χ0v) is 17.2. The van der Waals surface area contributed by atoms with Crippen LogP contribution in [0, 0.1) is 6.58 Å². The van der Waals surface area contributed by atoms with Crippen LogP contribution in [0.15, 0.2) is 41.3 Å². The molecule has 0 N–H and O–H groups in total. The number of allylic oxidation sites excluding steroid dienone is 2. The summed E-state index contributed by atoms with van der Waals surface area (Å²) in [5, 5.41) is 0. The molecule has 0 radical (unpaired) electrons. The van der Waals surface area contributed by atoms with Gasteiger partial charge in [-0.2, -0.15) is 0 Å². The number of ketones is 1. The van der Waals surface area contributed by atoms with Crippen LogP contribution < -0.4 is 0 Å². The minimum atomic E-state index is -3.70. The van der Waals surface area contributed by atoms with Gasteiger partial charge in [0.2, 0.25) is 0 Å². The number of hydrogen-bond acceptors (Lipinski definition) is 3. The quantitative estimate of drug-likeness (QED) is 0.312. The van der Waals surface area contributed by atoms with Crippen molar-refractivity contribution in [3.05, 3.63) is 59.0 Å². The average molecular weight is 502 g/mol. The van der Waals surface area contributed by atoms with Crippen LogP contribution in [0.25, 0.3) is 0 Å². The number of rotatable bonds is 8. The average Bonchev–Trinajstić information content (AvgIpc) is 2.50. The third-order valence-electron chi connectivity index (χ3n) is 3.19. The molecule has 0 atom stereocenters. The van der Waals surface area contributed by atoms with E-state index in [2.05, 4.69) is 0 Å². The van der Waals surface area contributed by atoms with E-state index < -0.39 is 10.0 Å². The molecule has 0 fully saturated rings. The van der Waals surface area contributed by atoms with E-state index in [-0.39, 0.29) is 17.2 Å². The monoisotopic (exact) mass is 502 g/mol. The summed E-state index contributed by atoms with van der Waals surface area (Å²) in [5.74, 6) is -0.0208. The Balaban J connectivity index is 2.96. The predicted molar refractivity (Wildman–Crippen MR) is 89.1 cm³/mol. The molecule has 0 heterocycles. The first-order valence-electron chi connectivity index (χ1n) is 7.09. The van der Waals surface area contributed by atoms with E-state index in [9.17, 15) is 13.2 Å². The Morgan fingerprint density at radius 2 is 1.78 bits per heavy atom. The van der Waals surface area contributed by atoms with E-state index in [1.807, 2.05) is 6.92 Å². The Labute approximate surface area is 149 Å². The molecule has 0 unspecified atom stereocenters. The van der Waals surface area contributed by atoms with Crippen LogP contribution in [0.2, 0.25) is 0 Å². The van der Waals surface area contributed by atoms with E-state index in [0.717, 1.165) is 9.46 Å². The molecular formula is C17H20NO3SW-. The van der Waals surface area contributed by atoms with Crippen molar-refractivity contribution >= 4 is 19.7 Å². The summed E-state index contributed by atoms with van der Waals surface area (Å²) in [4.78, 5) is 11.1. The van der Waals surface area contributed by atoms with Gasteiger partial charge in [0.15, 0.2) is 0 Å². The number of hydrogen-bond donors (Lipinski definition) is 0. The van der Waals surface area contributed by atoms with Crippen molar-refractivity contribution in [1.82, 2.24) is 4.31 Å². The van der Waals surface area contributed by atoms with Crippen molar-refractivity contribution < 1.29 is 32.6 Å². The van der Waals surface area contributed by atoms with E-state index in [0.29, 0.717) is 12.1 Å². The summed E-state index contributed by atoms with van der Waals surface area (Å²) in [6.45, 7) is 11.4. The van der Waals surface area contributed by atoms with Crippen molar-refractivity contribution in [1.29, 1.82) is 0 Å². The fraction of sp³-hybridized carbons (Fsp3) is 0.294. The van der Waals surface area contributed by atoms with Crippen molar-refractivity contribution in [3.63, 3.8) is 0 Å². The molecule has 6 heteroatoms. The Morgan fingerprint density at radius 1 is 1.22 bits per heavy atom. The molecular weight excluding hydrogens is 482 g/mol. The standard InChI is InChI=1S/C17H20NO3S.W/c1-5-7-8-14(3)22(20,21)18(6-2)13-16-9-11-17(12-10-16)15(4)19;/h3,7-12H,6,13H2,1-2,4H3;/q-1;/b8-7-;. The normalized spacial score (nSPS) is 11.8. The molecule has 0 saturated carbocycles. The molecule has 0 spiro atoms. The fourth-order valence-electron chi connectivity index (χ4n) is 1.85. The molecule has 0 aromatic heterocycles. The third kappa shape index (κ3) is 5.76. The van der Waals surface area contributed by atoms with Crippen molar-refractivity contribution in [2.24, 2.45) is 0 Å². The molecule has 0 aliphatic heterocycles. The second-order valence-corrected chi connectivity index (χ2v) is 9.28. The maximum atomic E-state index is 12.5. The van der Waals surface area contributed by atoms with Crippen molar-refractivity contribution in [3.8, 4) is 0 Å². The number of nitrogens with zero attached hydrogens (tertiary/aromatic N) is 1. The Bertz CT molecular complexity index is 734. The van der Waals surface area contributed by atoms with E-state index in [4.69, 9.17) is 6.58 Å². The van der Waals surface area contributed by atoms with E-state index in [1.165, 1.54) is 36.7 Å². The summed E-state index contributed by atoms with van der Waals surface area (Å²) < 4.78 is 27.4. The Hall–Kier alpha value is -1.16. The van der Waals surface area contributed by atoms with Crippen LogP contribution in [0.5, 0.6) is 0 Å². The van der Waals surface area contributed by atoms with Gasteiger partial charge in [0.1, 0.15) is 0 Å². The first-order chi connectivity index (χ1) is 10.7. The fourth-order valence-corrected chi connectivity index (χ4v) is 3.29. The zero-order chi connectivity index (χ0) is 17.6. The topological polar surface area (TPSA) is 54.5 Å². The minimum absolute atomic E-state index is 0.0208. The molecule has 0 saturated heterocycles. The molecule has 1 rings (SSSR count). The van der Waals surface area contributed by atoms with Gasteiger partial charge in [-0.15, -0.1) is 0 Å². The van der Waals surface area contributed by atoms with Gasteiger partial charge in [-0.05, 0) is 6.92 Å². The maximum absolute atomic E-state index is 12.5. The second-order valence-electron chi connectivity index (χ2n) is 5.03. The van der Waals surface area contributed by atoms with Gasteiger partial charge in [0, 0.05) is 0 Å².